The molecule has 5 heteroatoms. The average Bonchev–Trinajstić information content (AvgIpc) is 2.21. The number of carbonyl (C=O) groups is 2. The van der Waals surface area contributed by atoms with E-state index in [4.69, 9.17) is 16.3 Å². The molecule has 1 rings (SSSR count). The minimum atomic E-state index is -0.434. The maximum Gasteiger partial charge on any atom is 0.311 e. The molecule has 0 aliphatic rings. The van der Waals surface area contributed by atoms with Crippen LogP contribution < -0.4 is 4.74 Å². The highest BCUT2D eigenvalue weighted by molar-refractivity contribution is 9.10. The Morgan fingerprint density at radius 1 is 1.19 bits per heavy atom. The summed E-state index contributed by atoms with van der Waals surface area (Å²) in [5.74, 6) is 0.130. The Bertz CT molecular complexity index is 375. The van der Waals surface area contributed by atoms with Crippen LogP contribution in [0, 0.1) is 0 Å². The molecule has 0 spiro atoms. The average molecular weight is 306 g/mol. The molecule has 1 aromatic rings. The van der Waals surface area contributed by atoms with E-state index in [1.165, 1.54) is 0 Å². The van der Waals surface area contributed by atoms with Crippen LogP contribution in [0.2, 0.25) is 0 Å². The molecule has 3 nitrogen and oxygen atoms in total. The molecule has 86 valence electrons. The second-order valence-electron chi connectivity index (χ2n) is 3.14. The third-order valence-corrected chi connectivity index (χ3v) is 2.52. The summed E-state index contributed by atoms with van der Waals surface area (Å²) >= 11 is 8.42. The van der Waals surface area contributed by atoms with Crippen LogP contribution in [0.4, 0.5) is 0 Å². The molecule has 0 amide bonds. The number of esters is 1. The van der Waals surface area contributed by atoms with Crippen molar-refractivity contribution in [1.82, 2.24) is 0 Å². The maximum atomic E-state index is 11.3. The van der Waals surface area contributed by atoms with Crippen LogP contribution in [0.15, 0.2) is 28.7 Å². The van der Waals surface area contributed by atoms with Crippen molar-refractivity contribution < 1.29 is 14.3 Å². The van der Waals surface area contributed by atoms with E-state index >= 15 is 0 Å². The summed E-state index contributed by atoms with van der Waals surface area (Å²) in [5.41, 5.74) is 0. The fraction of sp³-hybridized carbons (Fsp3) is 0.273. The van der Waals surface area contributed by atoms with Gasteiger partial charge in [-0.15, -0.1) is 0 Å². The first kappa shape index (κ1) is 13.2. The normalized spacial score (nSPS) is 9.88. The molecule has 0 heterocycles. The second-order valence-corrected chi connectivity index (χ2v) is 4.47. The molecule has 0 N–H and O–H groups in total. The van der Waals surface area contributed by atoms with E-state index < -0.39 is 5.24 Å². The van der Waals surface area contributed by atoms with Gasteiger partial charge in [-0.2, -0.15) is 0 Å². The summed E-state index contributed by atoms with van der Waals surface area (Å²) in [6.45, 7) is 0. The smallest absolute Gasteiger partial charge is 0.311 e. The molecule has 0 aliphatic carbocycles. The fourth-order valence-corrected chi connectivity index (χ4v) is 1.45. The summed E-state index contributed by atoms with van der Waals surface area (Å²) in [6.07, 6.45) is 0.795. The van der Waals surface area contributed by atoms with Gasteiger partial charge in [0.05, 0.1) is 0 Å². The highest BCUT2D eigenvalue weighted by Crippen LogP contribution is 2.16. The lowest BCUT2D eigenvalue weighted by Crippen LogP contribution is -2.07. The Morgan fingerprint density at radius 3 is 2.38 bits per heavy atom. The van der Waals surface area contributed by atoms with E-state index in [1.54, 1.807) is 24.3 Å². The third-order valence-electron chi connectivity index (χ3n) is 1.80. The largest absolute Gasteiger partial charge is 0.427 e. The standard InChI is InChI=1S/C11H10BrClO3/c12-8-4-6-9(7-5-8)16-11(15)3-1-2-10(13)14/h4-7H,1-3H2. The van der Waals surface area contributed by atoms with Crippen molar-refractivity contribution in [2.75, 3.05) is 0 Å². The molecule has 0 saturated carbocycles. The van der Waals surface area contributed by atoms with Crippen LogP contribution in [0.5, 0.6) is 5.75 Å². The maximum absolute atomic E-state index is 11.3. The van der Waals surface area contributed by atoms with Crippen molar-refractivity contribution in [1.29, 1.82) is 0 Å². The zero-order chi connectivity index (χ0) is 12.0. The number of benzene rings is 1. The van der Waals surface area contributed by atoms with Crippen LogP contribution in [0.3, 0.4) is 0 Å². The van der Waals surface area contributed by atoms with Crippen molar-refractivity contribution in [3.63, 3.8) is 0 Å². The van der Waals surface area contributed by atoms with Gasteiger partial charge in [0.1, 0.15) is 5.75 Å². The predicted octanol–water partition coefficient (Wildman–Crippen LogP) is 3.29. The molecule has 0 atom stereocenters. The van der Waals surface area contributed by atoms with Gasteiger partial charge >= 0.3 is 5.97 Å². The monoisotopic (exact) mass is 304 g/mol. The zero-order valence-corrected chi connectivity index (χ0v) is 10.8. The van der Waals surface area contributed by atoms with Crippen LogP contribution >= 0.6 is 27.5 Å². The molecular formula is C11H10BrClO3. The minimum absolute atomic E-state index is 0.189. The van der Waals surface area contributed by atoms with Crippen molar-refractivity contribution in [2.45, 2.75) is 19.3 Å². The fourth-order valence-electron chi connectivity index (χ4n) is 1.06. The SMILES string of the molecule is O=C(Cl)CCCC(=O)Oc1ccc(Br)cc1. The first-order chi connectivity index (χ1) is 7.58. The third kappa shape index (κ3) is 5.28. The van der Waals surface area contributed by atoms with Gasteiger partial charge in [-0.1, -0.05) is 15.9 Å². The number of carbonyl (C=O) groups excluding carboxylic acids is 2. The van der Waals surface area contributed by atoms with Crippen molar-refractivity contribution >= 4 is 38.7 Å². The van der Waals surface area contributed by atoms with Gasteiger partial charge in [0.15, 0.2) is 0 Å². The molecule has 0 aromatic heterocycles. The Morgan fingerprint density at radius 2 is 1.81 bits per heavy atom. The van der Waals surface area contributed by atoms with Crippen LogP contribution in [-0.4, -0.2) is 11.2 Å². The van der Waals surface area contributed by atoms with Gasteiger partial charge < -0.3 is 4.74 Å². The second kappa shape index (κ2) is 6.66. The van der Waals surface area contributed by atoms with Crippen molar-refractivity contribution in [2.24, 2.45) is 0 Å². The summed E-state index contributed by atoms with van der Waals surface area (Å²) in [7, 11) is 0. The summed E-state index contributed by atoms with van der Waals surface area (Å²) in [5, 5.41) is -0.434. The van der Waals surface area contributed by atoms with E-state index in [0.29, 0.717) is 12.2 Å². The van der Waals surface area contributed by atoms with Gasteiger partial charge in [-0.3, -0.25) is 9.59 Å². The van der Waals surface area contributed by atoms with Crippen molar-refractivity contribution in [3.05, 3.63) is 28.7 Å². The molecule has 0 saturated heterocycles. The number of hydrogen-bond acceptors (Lipinski definition) is 3. The lowest BCUT2D eigenvalue weighted by atomic mass is 10.2. The van der Waals surface area contributed by atoms with Gasteiger partial charge in [0.25, 0.3) is 0 Å². The number of halogens is 2. The Balaban J connectivity index is 2.34. The zero-order valence-electron chi connectivity index (χ0n) is 8.41. The van der Waals surface area contributed by atoms with E-state index in [9.17, 15) is 9.59 Å². The molecule has 0 radical (unpaired) electrons. The highest BCUT2D eigenvalue weighted by Gasteiger charge is 2.06. The number of hydrogen-bond donors (Lipinski definition) is 0. The van der Waals surface area contributed by atoms with E-state index in [0.717, 1.165) is 4.47 Å². The first-order valence-electron chi connectivity index (χ1n) is 4.72. The van der Waals surface area contributed by atoms with Gasteiger partial charge in [0.2, 0.25) is 5.24 Å². The lowest BCUT2D eigenvalue weighted by molar-refractivity contribution is -0.134. The summed E-state index contributed by atoms with van der Waals surface area (Å²) in [4.78, 5) is 21.7. The molecule has 0 aliphatic heterocycles. The van der Waals surface area contributed by atoms with Crippen LogP contribution in [0.1, 0.15) is 19.3 Å². The van der Waals surface area contributed by atoms with Gasteiger partial charge in [-0.25, -0.2) is 0 Å². The summed E-state index contributed by atoms with van der Waals surface area (Å²) < 4.78 is 5.95. The van der Waals surface area contributed by atoms with E-state index in [1.807, 2.05) is 0 Å². The molecule has 0 bridgehead atoms. The minimum Gasteiger partial charge on any atom is -0.427 e. The van der Waals surface area contributed by atoms with E-state index in [-0.39, 0.29) is 18.8 Å². The molecule has 0 fully saturated rings. The highest BCUT2D eigenvalue weighted by atomic mass is 79.9. The summed E-state index contributed by atoms with van der Waals surface area (Å²) in [6, 6.07) is 6.94. The van der Waals surface area contributed by atoms with Crippen LogP contribution in [0.25, 0.3) is 0 Å². The molecular weight excluding hydrogens is 295 g/mol. The van der Waals surface area contributed by atoms with Crippen LogP contribution in [-0.2, 0) is 9.59 Å². The lowest BCUT2D eigenvalue weighted by Gasteiger charge is -2.03. The quantitative estimate of drug-likeness (QED) is 0.476. The van der Waals surface area contributed by atoms with E-state index in [2.05, 4.69) is 15.9 Å². The molecule has 0 unspecified atom stereocenters. The van der Waals surface area contributed by atoms with Crippen molar-refractivity contribution in [3.8, 4) is 5.75 Å². The number of ether oxygens (including phenoxy) is 1. The Hall–Kier alpha value is -0.870. The molecule has 16 heavy (non-hydrogen) atoms. The predicted molar refractivity (Wildman–Crippen MR) is 64.5 cm³/mol. The first-order valence-corrected chi connectivity index (χ1v) is 5.89. The molecule has 1 aromatic carbocycles. The number of rotatable bonds is 5. The topological polar surface area (TPSA) is 43.4 Å². The Labute approximate surface area is 107 Å². The Kier molecular flexibility index (Phi) is 5.49. The van der Waals surface area contributed by atoms with Gasteiger partial charge in [-0.05, 0) is 42.3 Å². The van der Waals surface area contributed by atoms with Gasteiger partial charge in [0, 0.05) is 17.3 Å².